The quantitative estimate of drug-likeness (QED) is 0.598. The van der Waals surface area contributed by atoms with E-state index in [0.717, 1.165) is 0 Å². The first kappa shape index (κ1) is 9.57. The molecule has 0 aliphatic heterocycles. The molecule has 0 aromatic carbocycles. The Labute approximate surface area is 76.4 Å². The number of nitrogen functional groups attached to an aromatic ring is 2. The lowest BCUT2D eigenvalue weighted by atomic mass is 10.1. The highest BCUT2D eigenvalue weighted by Crippen LogP contribution is 2.12. The molecule has 0 saturated carbocycles. The summed E-state index contributed by atoms with van der Waals surface area (Å²) in [5.74, 6) is 0. The highest BCUT2D eigenvalue weighted by molar-refractivity contribution is 5.59. The van der Waals surface area contributed by atoms with E-state index >= 15 is 0 Å². The molecular weight excluding hydrogens is 168 g/mol. The van der Waals surface area contributed by atoms with Crippen molar-refractivity contribution in [1.29, 1.82) is 0 Å². The molecule has 0 aliphatic carbocycles. The van der Waals surface area contributed by atoms with Crippen molar-refractivity contribution in [2.75, 3.05) is 11.5 Å². The number of hydrogen-bond acceptors (Lipinski definition) is 4. The second kappa shape index (κ2) is 2.76. The van der Waals surface area contributed by atoms with Gasteiger partial charge in [0, 0.05) is 0 Å². The normalized spacial score (nSPS) is 11.6. The molecule has 4 N–H and O–H groups in total. The fourth-order valence-electron chi connectivity index (χ4n) is 0.957. The molecule has 1 rings (SSSR count). The monoisotopic (exact) mass is 182 g/mol. The maximum Gasteiger partial charge on any atom is 0.292 e. The molecule has 0 amide bonds. The molecule has 72 valence electrons. The van der Waals surface area contributed by atoms with Crippen molar-refractivity contribution in [3.8, 4) is 0 Å². The minimum atomic E-state index is -0.376. The van der Waals surface area contributed by atoms with Crippen molar-refractivity contribution in [2.45, 2.75) is 26.3 Å². The molecule has 1 aromatic heterocycles. The predicted octanol–water partition coefficient (Wildman–Crippen LogP) is 0.163. The maximum atomic E-state index is 11.5. The van der Waals surface area contributed by atoms with Crippen LogP contribution >= 0.6 is 0 Å². The van der Waals surface area contributed by atoms with Crippen LogP contribution in [0.5, 0.6) is 0 Å². The molecule has 1 aromatic rings. The molecule has 0 bridgehead atoms. The van der Waals surface area contributed by atoms with E-state index in [1.165, 1.54) is 10.9 Å². The Morgan fingerprint density at radius 2 is 1.92 bits per heavy atom. The lowest BCUT2D eigenvalue weighted by molar-refractivity contribution is 0.339. The zero-order valence-electron chi connectivity index (χ0n) is 8.03. The number of hydrogen-bond donors (Lipinski definition) is 2. The van der Waals surface area contributed by atoms with Gasteiger partial charge < -0.3 is 11.5 Å². The van der Waals surface area contributed by atoms with E-state index < -0.39 is 0 Å². The van der Waals surface area contributed by atoms with Crippen molar-refractivity contribution in [3.63, 3.8) is 0 Å². The van der Waals surface area contributed by atoms with Crippen LogP contribution in [-0.2, 0) is 5.54 Å². The SMILES string of the molecule is CC(C)(C)n1ncc(N)c(N)c1=O. The highest BCUT2D eigenvalue weighted by Gasteiger charge is 2.17. The van der Waals surface area contributed by atoms with Gasteiger partial charge in [0.2, 0.25) is 0 Å². The van der Waals surface area contributed by atoms with Gasteiger partial charge in [-0.2, -0.15) is 5.10 Å². The van der Waals surface area contributed by atoms with Gasteiger partial charge in [-0.3, -0.25) is 4.79 Å². The van der Waals surface area contributed by atoms with Gasteiger partial charge in [0.15, 0.2) is 0 Å². The first-order valence-corrected chi connectivity index (χ1v) is 3.98. The Hall–Kier alpha value is -1.52. The molecule has 5 nitrogen and oxygen atoms in total. The van der Waals surface area contributed by atoms with Gasteiger partial charge in [-0.15, -0.1) is 0 Å². The first-order valence-electron chi connectivity index (χ1n) is 3.98. The van der Waals surface area contributed by atoms with Gasteiger partial charge in [-0.25, -0.2) is 4.68 Å². The summed E-state index contributed by atoms with van der Waals surface area (Å²) < 4.78 is 1.32. The summed E-state index contributed by atoms with van der Waals surface area (Å²) in [6, 6.07) is 0. The van der Waals surface area contributed by atoms with Gasteiger partial charge in [0.1, 0.15) is 5.69 Å². The zero-order chi connectivity index (χ0) is 10.2. The van der Waals surface area contributed by atoms with Crippen LogP contribution in [0.4, 0.5) is 11.4 Å². The Morgan fingerprint density at radius 3 is 2.38 bits per heavy atom. The second-order valence-corrected chi connectivity index (χ2v) is 3.90. The summed E-state index contributed by atoms with van der Waals surface area (Å²) >= 11 is 0. The van der Waals surface area contributed by atoms with E-state index in [-0.39, 0.29) is 22.5 Å². The number of rotatable bonds is 0. The summed E-state index contributed by atoms with van der Waals surface area (Å²) in [4.78, 5) is 11.5. The van der Waals surface area contributed by atoms with Crippen LogP contribution < -0.4 is 17.0 Å². The van der Waals surface area contributed by atoms with E-state index in [0.29, 0.717) is 0 Å². The minimum absolute atomic E-state index is 0.0601. The van der Waals surface area contributed by atoms with E-state index in [1.807, 2.05) is 20.8 Å². The summed E-state index contributed by atoms with van der Waals surface area (Å²) in [5.41, 5.74) is 10.5. The molecule has 1 heterocycles. The second-order valence-electron chi connectivity index (χ2n) is 3.90. The van der Waals surface area contributed by atoms with Gasteiger partial charge in [0.05, 0.1) is 17.4 Å². The third kappa shape index (κ3) is 1.63. The number of nitrogens with two attached hydrogens (primary N) is 2. The molecule has 0 aliphatic rings. The third-order valence-corrected chi connectivity index (χ3v) is 1.68. The summed E-state index contributed by atoms with van der Waals surface area (Å²) in [6.45, 7) is 5.62. The molecule has 0 unspecified atom stereocenters. The smallest absolute Gasteiger partial charge is 0.292 e. The number of nitrogens with zero attached hydrogens (tertiary/aromatic N) is 2. The Morgan fingerprint density at radius 1 is 1.38 bits per heavy atom. The lowest BCUT2D eigenvalue weighted by Gasteiger charge is -2.20. The molecule has 0 atom stereocenters. The van der Waals surface area contributed by atoms with Crippen molar-refractivity contribution in [3.05, 3.63) is 16.6 Å². The average Bonchev–Trinajstić information content (AvgIpc) is 1.98. The first-order chi connectivity index (χ1) is 5.84. The van der Waals surface area contributed by atoms with Gasteiger partial charge in [0.25, 0.3) is 5.56 Å². The average molecular weight is 182 g/mol. The van der Waals surface area contributed by atoms with E-state index in [2.05, 4.69) is 5.10 Å². The molecule has 0 fully saturated rings. The van der Waals surface area contributed by atoms with Crippen LogP contribution in [0.2, 0.25) is 0 Å². The van der Waals surface area contributed by atoms with Crippen LogP contribution in [-0.4, -0.2) is 9.78 Å². The highest BCUT2D eigenvalue weighted by atomic mass is 16.1. The molecular formula is C8H14N4O. The van der Waals surface area contributed by atoms with Crippen molar-refractivity contribution in [1.82, 2.24) is 9.78 Å². The molecule has 0 spiro atoms. The number of anilines is 2. The van der Waals surface area contributed by atoms with E-state index in [1.54, 1.807) is 0 Å². The largest absolute Gasteiger partial charge is 0.396 e. The van der Waals surface area contributed by atoms with Crippen LogP contribution in [0.1, 0.15) is 20.8 Å². The topological polar surface area (TPSA) is 86.9 Å². The van der Waals surface area contributed by atoms with Gasteiger partial charge in [-0.05, 0) is 20.8 Å². The third-order valence-electron chi connectivity index (χ3n) is 1.68. The summed E-state index contributed by atoms with van der Waals surface area (Å²) in [6.07, 6.45) is 1.39. The van der Waals surface area contributed by atoms with Gasteiger partial charge in [-0.1, -0.05) is 0 Å². The molecule has 0 radical (unpaired) electrons. The van der Waals surface area contributed by atoms with Crippen molar-refractivity contribution >= 4 is 11.4 Å². The molecule has 13 heavy (non-hydrogen) atoms. The fraction of sp³-hybridized carbons (Fsp3) is 0.500. The van der Waals surface area contributed by atoms with Crippen molar-refractivity contribution in [2.24, 2.45) is 0 Å². The van der Waals surface area contributed by atoms with Crippen LogP contribution in [0.3, 0.4) is 0 Å². The standard InChI is InChI=1S/C8H14N4O/c1-8(2,3)12-7(13)6(10)5(9)4-11-12/h4H,9-10H2,1-3H3. The Kier molecular flexibility index (Phi) is 2.03. The number of aromatic nitrogens is 2. The zero-order valence-corrected chi connectivity index (χ0v) is 8.03. The predicted molar refractivity (Wildman–Crippen MR) is 52.3 cm³/mol. The van der Waals surface area contributed by atoms with Crippen LogP contribution in [0.25, 0.3) is 0 Å². The fourth-order valence-corrected chi connectivity index (χ4v) is 0.957. The maximum absolute atomic E-state index is 11.5. The van der Waals surface area contributed by atoms with Crippen LogP contribution in [0.15, 0.2) is 11.0 Å². The molecule has 0 saturated heterocycles. The van der Waals surface area contributed by atoms with Crippen LogP contribution in [0, 0.1) is 0 Å². The Balaban J connectivity index is 3.44. The van der Waals surface area contributed by atoms with Gasteiger partial charge >= 0.3 is 0 Å². The van der Waals surface area contributed by atoms with E-state index in [4.69, 9.17) is 11.5 Å². The summed E-state index contributed by atoms with van der Waals surface area (Å²) in [7, 11) is 0. The minimum Gasteiger partial charge on any atom is -0.396 e. The lowest BCUT2D eigenvalue weighted by Crippen LogP contribution is -2.37. The Bertz CT molecular complexity index is 375. The van der Waals surface area contributed by atoms with Crippen molar-refractivity contribution < 1.29 is 0 Å². The summed E-state index contributed by atoms with van der Waals surface area (Å²) in [5, 5.41) is 3.91. The van der Waals surface area contributed by atoms with E-state index in [9.17, 15) is 4.79 Å². The molecule has 5 heteroatoms.